The number of azo groups is 3. The van der Waals surface area contributed by atoms with Gasteiger partial charge in [0.05, 0.1) is 77.9 Å². The SMILES string of the molecule is Nc1cc(N)c(N=Nc2ccc(NS(=O)(=O)c3ccc(N=Nc4cc(S(=O)(=O)O)c5cc(SOOO)c(N=Nc6ccc(S(=O)(=O)CCOSOOO)cc6S(=O)(=O)O)c(O)c5c4N)cc3)cc2)cc1Cl. The summed E-state index contributed by atoms with van der Waals surface area (Å²) in [6, 6.07) is 17.4. The van der Waals surface area contributed by atoms with E-state index in [1.807, 2.05) is 0 Å². The summed E-state index contributed by atoms with van der Waals surface area (Å²) in [6.07, 6.45) is 0. The minimum atomic E-state index is -5.27. The average molecular weight is 1120 g/mol. The highest BCUT2D eigenvalue weighted by Gasteiger charge is 2.27. The van der Waals surface area contributed by atoms with Gasteiger partial charge in [0.15, 0.2) is 27.9 Å². The van der Waals surface area contributed by atoms with Crippen LogP contribution in [0.25, 0.3) is 10.8 Å². The minimum Gasteiger partial charge on any atom is -0.505 e. The molecule has 0 aliphatic heterocycles. The molecule has 71 heavy (non-hydrogen) atoms. The Kier molecular flexibility index (Phi) is 17.1. The van der Waals surface area contributed by atoms with Crippen LogP contribution >= 0.6 is 36.0 Å². The molecular weight excluding hydrogens is 1090 g/mol. The largest absolute Gasteiger partial charge is 0.505 e. The third-order valence-electron chi connectivity index (χ3n) is 9.08. The molecule has 0 atom stereocenters. The summed E-state index contributed by atoms with van der Waals surface area (Å²) in [4.78, 5) is -3.34. The van der Waals surface area contributed by atoms with Crippen molar-refractivity contribution in [3.8, 4) is 5.75 Å². The van der Waals surface area contributed by atoms with Crippen molar-refractivity contribution in [3.05, 3.63) is 96.0 Å². The summed E-state index contributed by atoms with van der Waals surface area (Å²) in [7, 11) is -19.0. The summed E-state index contributed by atoms with van der Waals surface area (Å²) < 4.78 is 138. The number of nitrogens with two attached hydrogens (primary N) is 3. The number of halogens is 1. The van der Waals surface area contributed by atoms with Crippen LogP contribution in [-0.2, 0) is 63.0 Å². The van der Waals surface area contributed by atoms with E-state index in [-0.39, 0.29) is 62.7 Å². The fourth-order valence-corrected chi connectivity index (χ4v) is 10.4. The van der Waals surface area contributed by atoms with Gasteiger partial charge in [0.1, 0.15) is 32.5 Å². The van der Waals surface area contributed by atoms with Crippen LogP contribution in [0.15, 0.2) is 146 Å². The Morgan fingerprint density at radius 2 is 1.23 bits per heavy atom. The number of phenolic OH excluding ortho intramolecular Hbond substituents is 1. The van der Waals surface area contributed by atoms with Crippen LogP contribution in [0.1, 0.15) is 0 Å². The zero-order chi connectivity index (χ0) is 51.9. The van der Waals surface area contributed by atoms with Crippen molar-refractivity contribution < 1.29 is 81.3 Å². The summed E-state index contributed by atoms with van der Waals surface area (Å²) in [6.45, 7) is -0.556. The lowest BCUT2D eigenvalue weighted by atomic mass is 10.0. The number of sulfone groups is 1. The van der Waals surface area contributed by atoms with Crippen LogP contribution in [0.3, 0.4) is 0 Å². The standard InChI is InChI=1S/C36H31ClN10O18S6/c37-24-15-28(26(39)16-25(24)38)44-41-18-1-3-20(4-2-18)47-69(53,54)21-7-5-19(6-8-21)42-45-29-17-31(70(55,56)57)23-14-30(66-64-62-49)35(36(48)33(23)34(29)40)46-43-27-10-9-22(13-32(27)71(58,59)60)68(51,52)12-11-61-67-65-63-50/h1-10,13-17,47-50H,11-12,38-40H2,(H,55,56,57)(H,58,59,60). The van der Waals surface area contributed by atoms with E-state index in [4.69, 9.17) is 43.5 Å². The molecule has 0 aromatic heterocycles. The van der Waals surface area contributed by atoms with Crippen LogP contribution in [0.5, 0.6) is 5.75 Å². The smallest absolute Gasteiger partial charge is 0.296 e. The molecule has 0 saturated heterocycles. The first-order valence-electron chi connectivity index (χ1n) is 18.6. The number of benzene rings is 6. The Morgan fingerprint density at radius 1 is 0.634 bits per heavy atom. The van der Waals surface area contributed by atoms with E-state index in [2.05, 4.69) is 54.2 Å². The van der Waals surface area contributed by atoms with Gasteiger partial charge in [-0.25, -0.2) is 27.4 Å². The van der Waals surface area contributed by atoms with E-state index in [1.54, 1.807) is 0 Å². The molecule has 0 heterocycles. The van der Waals surface area contributed by atoms with Gasteiger partial charge in [-0.05, 0) is 91.0 Å². The minimum absolute atomic E-state index is 0.00949. The van der Waals surface area contributed by atoms with Gasteiger partial charge in [0.25, 0.3) is 30.3 Å². The fourth-order valence-electron chi connectivity index (χ4n) is 5.83. The molecule has 0 spiro atoms. The molecule has 0 amide bonds. The Morgan fingerprint density at radius 3 is 1.85 bits per heavy atom. The molecule has 6 aromatic carbocycles. The van der Waals surface area contributed by atoms with Gasteiger partial charge in [-0.1, -0.05) is 21.7 Å². The van der Waals surface area contributed by atoms with Crippen LogP contribution in [0.4, 0.5) is 56.9 Å². The second kappa shape index (κ2) is 22.5. The fraction of sp³-hybridized carbons (Fsp3) is 0.0556. The van der Waals surface area contributed by atoms with Gasteiger partial charge in [-0.3, -0.25) is 18.0 Å². The molecule has 6 aromatic rings. The molecule has 376 valence electrons. The van der Waals surface area contributed by atoms with Gasteiger partial charge in [-0.15, -0.1) is 29.1 Å². The molecule has 35 heteroatoms. The molecule has 0 bridgehead atoms. The van der Waals surface area contributed by atoms with Gasteiger partial charge in [0.2, 0.25) is 0 Å². The van der Waals surface area contributed by atoms with E-state index in [0.29, 0.717) is 11.8 Å². The summed E-state index contributed by atoms with van der Waals surface area (Å²) in [5, 5.41) is 58.2. The lowest BCUT2D eigenvalue weighted by molar-refractivity contribution is -0.434. The number of nitrogens with zero attached hydrogens (tertiary/aromatic N) is 6. The van der Waals surface area contributed by atoms with Gasteiger partial charge in [0, 0.05) is 11.1 Å². The topological polar surface area (TPSA) is 448 Å². The Labute approximate surface area is 413 Å². The van der Waals surface area contributed by atoms with Crippen molar-refractivity contribution >= 4 is 144 Å². The Bertz CT molecular complexity index is 3560. The van der Waals surface area contributed by atoms with Crippen LogP contribution in [-0.4, -0.2) is 70.8 Å². The number of aromatic hydroxyl groups is 1. The second-order valence-corrected chi connectivity index (χ2v) is 21.9. The molecule has 0 unspecified atom stereocenters. The quantitative estimate of drug-likeness (QED) is 0.00618. The van der Waals surface area contributed by atoms with Crippen molar-refractivity contribution in [2.75, 3.05) is 34.3 Å². The van der Waals surface area contributed by atoms with E-state index in [1.165, 1.54) is 48.5 Å². The van der Waals surface area contributed by atoms with E-state index in [9.17, 15) is 47.9 Å². The number of fused-ring (bicyclic) bond motifs is 1. The number of sulfonamides is 1. The maximum absolute atomic E-state index is 13.2. The lowest BCUT2D eigenvalue weighted by Crippen LogP contribution is -2.12. The van der Waals surface area contributed by atoms with Gasteiger partial charge in [-0.2, -0.15) is 27.1 Å². The molecule has 0 saturated carbocycles. The van der Waals surface area contributed by atoms with Crippen molar-refractivity contribution in [3.63, 3.8) is 0 Å². The van der Waals surface area contributed by atoms with Crippen molar-refractivity contribution in [2.24, 2.45) is 30.7 Å². The van der Waals surface area contributed by atoms with Crippen LogP contribution in [0.2, 0.25) is 5.02 Å². The second-order valence-electron chi connectivity index (χ2n) is 13.6. The molecular formula is C36H31ClN10O18S6. The highest BCUT2D eigenvalue weighted by Crippen LogP contribution is 2.50. The van der Waals surface area contributed by atoms with Crippen molar-refractivity contribution in [1.82, 2.24) is 0 Å². The first-order chi connectivity index (χ1) is 33.4. The molecule has 0 aliphatic carbocycles. The molecule has 6 rings (SSSR count). The maximum atomic E-state index is 13.2. The highest BCUT2D eigenvalue weighted by molar-refractivity contribution is 7.94. The first kappa shape index (κ1) is 54.1. The summed E-state index contributed by atoms with van der Waals surface area (Å²) >= 11 is 6.19. The van der Waals surface area contributed by atoms with Gasteiger partial charge < -0.3 is 22.3 Å². The maximum Gasteiger partial charge on any atom is 0.296 e. The third kappa shape index (κ3) is 13.4. The van der Waals surface area contributed by atoms with Gasteiger partial charge >= 0.3 is 0 Å². The Hall–Kier alpha value is -6.19. The molecule has 12 N–H and O–H groups in total. The predicted octanol–water partition coefficient (Wildman–Crippen LogP) is 8.69. The summed E-state index contributed by atoms with van der Waals surface area (Å²) in [5.41, 5.74) is 16.8. The van der Waals surface area contributed by atoms with Crippen molar-refractivity contribution in [1.29, 1.82) is 0 Å². The van der Waals surface area contributed by atoms with Crippen LogP contribution in [0, 0.1) is 0 Å². The molecule has 0 aliphatic rings. The third-order valence-corrected chi connectivity index (χ3v) is 15.3. The Balaban J connectivity index is 1.30. The molecule has 0 radical (unpaired) electrons. The van der Waals surface area contributed by atoms with Crippen molar-refractivity contribution in [2.45, 2.75) is 24.5 Å². The predicted molar refractivity (Wildman–Crippen MR) is 254 cm³/mol. The zero-order valence-electron chi connectivity index (χ0n) is 34.9. The summed E-state index contributed by atoms with van der Waals surface area (Å²) in [5.74, 6) is -1.80. The highest BCUT2D eigenvalue weighted by atomic mass is 35.5. The number of hydrogen-bond acceptors (Lipinski definition) is 27. The normalized spacial score (nSPS) is 12.7. The zero-order valence-corrected chi connectivity index (χ0v) is 40.5. The number of hydrogen-bond donors (Lipinski definition) is 9. The number of rotatable bonds is 21. The number of nitrogens with one attached hydrogen (secondary N) is 1. The van der Waals surface area contributed by atoms with E-state index >= 15 is 0 Å². The monoisotopic (exact) mass is 1120 g/mol. The first-order valence-corrected chi connectivity index (χ1v) is 26.4. The number of anilines is 4. The number of phenols is 1. The average Bonchev–Trinajstić information content (AvgIpc) is 3.30. The molecule has 0 fully saturated rings. The van der Waals surface area contributed by atoms with E-state index < -0.39 is 111 Å². The number of nitrogen functional groups attached to an aromatic ring is 3. The lowest BCUT2D eigenvalue weighted by Gasteiger charge is -2.14. The van der Waals surface area contributed by atoms with Crippen LogP contribution < -0.4 is 21.9 Å². The van der Waals surface area contributed by atoms with E-state index in [0.717, 1.165) is 36.4 Å². The molecule has 28 nitrogen and oxygen atoms in total.